The van der Waals surface area contributed by atoms with E-state index < -0.39 is 0 Å². The van der Waals surface area contributed by atoms with Gasteiger partial charge in [0.2, 0.25) is 5.13 Å². The summed E-state index contributed by atoms with van der Waals surface area (Å²) >= 11 is 3.54. The molecule has 0 saturated carbocycles. The van der Waals surface area contributed by atoms with E-state index in [4.69, 9.17) is 19.7 Å². The normalized spacial score (nSPS) is 14.2. The fourth-order valence-electron chi connectivity index (χ4n) is 3.65. The highest BCUT2D eigenvalue weighted by atomic mass is 32.2. The topological polar surface area (TPSA) is 71.3 Å². The van der Waals surface area contributed by atoms with Gasteiger partial charge in [0, 0.05) is 43.2 Å². The highest BCUT2D eigenvalue weighted by Crippen LogP contribution is 2.40. The van der Waals surface area contributed by atoms with Crippen LogP contribution in [0.3, 0.4) is 0 Å². The summed E-state index contributed by atoms with van der Waals surface area (Å²) < 4.78 is 16.8. The predicted octanol–water partition coefficient (Wildman–Crippen LogP) is 4.50. The Bertz CT molecular complexity index is 1100. The molecule has 3 aromatic rings. The SMILES string of the molecule is CCN1CCN(c2nc(-n3cc(-c4cccc(F)c4)c(C)n3)sc2SC(C)C)CC1.O=C=O. The zero-order chi connectivity index (χ0) is 24.0. The molecular weight excluding hydrogens is 461 g/mol. The average Bonchev–Trinajstić information content (AvgIpc) is 3.37. The molecule has 1 aliphatic rings. The van der Waals surface area contributed by atoms with Gasteiger partial charge in [-0.05, 0) is 31.2 Å². The molecule has 176 valence electrons. The van der Waals surface area contributed by atoms with Gasteiger partial charge >= 0.3 is 6.15 Å². The van der Waals surface area contributed by atoms with E-state index in [1.807, 2.05) is 35.6 Å². The van der Waals surface area contributed by atoms with Gasteiger partial charge in [-0.15, -0.1) is 11.8 Å². The van der Waals surface area contributed by atoms with Crippen molar-refractivity contribution in [3.8, 4) is 16.3 Å². The quantitative estimate of drug-likeness (QED) is 0.472. The highest BCUT2D eigenvalue weighted by Gasteiger charge is 2.24. The fourth-order valence-corrected chi connectivity index (χ4v) is 6.10. The van der Waals surface area contributed by atoms with Crippen LogP contribution in [0.2, 0.25) is 0 Å². The summed E-state index contributed by atoms with van der Waals surface area (Å²) in [7, 11) is 0. The van der Waals surface area contributed by atoms with Crippen molar-refractivity contribution in [2.24, 2.45) is 0 Å². The lowest BCUT2D eigenvalue weighted by Gasteiger charge is -2.34. The number of benzene rings is 1. The number of thioether (sulfide) groups is 1. The van der Waals surface area contributed by atoms with Gasteiger partial charge in [-0.1, -0.05) is 44.2 Å². The lowest BCUT2D eigenvalue weighted by atomic mass is 10.1. The minimum Gasteiger partial charge on any atom is -0.352 e. The molecule has 0 unspecified atom stereocenters. The number of anilines is 1. The summed E-state index contributed by atoms with van der Waals surface area (Å²) in [5.74, 6) is 0.836. The maximum atomic E-state index is 13.7. The Morgan fingerprint density at radius 3 is 2.52 bits per heavy atom. The van der Waals surface area contributed by atoms with Crippen molar-refractivity contribution >= 4 is 35.1 Å². The van der Waals surface area contributed by atoms with Crippen LogP contribution in [-0.4, -0.2) is 63.8 Å². The minimum absolute atomic E-state index is 0.238. The van der Waals surface area contributed by atoms with E-state index in [1.165, 1.54) is 10.3 Å². The number of aromatic nitrogens is 3. The third kappa shape index (κ3) is 6.29. The van der Waals surface area contributed by atoms with Crippen molar-refractivity contribution in [2.45, 2.75) is 37.2 Å². The number of thiazole rings is 1. The van der Waals surface area contributed by atoms with E-state index in [2.05, 4.69) is 30.6 Å². The molecule has 0 amide bonds. The Morgan fingerprint density at radius 1 is 1.21 bits per heavy atom. The Labute approximate surface area is 201 Å². The summed E-state index contributed by atoms with van der Waals surface area (Å²) in [6.45, 7) is 13.8. The van der Waals surface area contributed by atoms with Crippen LogP contribution < -0.4 is 4.90 Å². The van der Waals surface area contributed by atoms with Crippen LogP contribution in [-0.2, 0) is 9.59 Å². The van der Waals surface area contributed by atoms with Gasteiger partial charge in [-0.2, -0.15) is 19.7 Å². The highest BCUT2D eigenvalue weighted by molar-refractivity contribution is 8.01. The van der Waals surface area contributed by atoms with Gasteiger partial charge in [0.05, 0.1) is 5.69 Å². The molecule has 1 aromatic carbocycles. The van der Waals surface area contributed by atoms with Crippen molar-refractivity contribution in [3.63, 3.8) is 0 Å². The summed E-state index contributed by atoms with van der Waals surface area (Å²) in [4.78, 5) is 26.1. The van der Waals surface area contributed by atoms with Crippen LogP contribution in [0.15, 0.2) is 34.7 Å². The van der Waals surface area contributed by atoms with E-state index >= 15 is 0 Å². The zero-order valence-corrected chi connectivity index (χ0v) is 20.9. The van der Waals surface area contributed by atoms with Gasteiger partial charge < -0.3 is 9.80 Å². The predicted molar refractivity (Wildman–Crippen MR) is 130 cm³/mol. The van der Waals surface area contributed by atoms with Crippen molar-refractivity contribution in [2.75, 3.05) is 37.6 Å². The number of aryl methyl sites for hydroxylation is 1. The first-order valence-electron chi connectivity index (χ1n) is 10.8. The molecule has 10 heteroatoms. The van der Waals surface area contributed by atoms with E-state index in [0.717, 1.165) is 60.5 Å². The van der Waals surface area contributed by atoms with Gasteiger partial charge in [-0.25, -0.2) is 9.07 Å². The average molecular weight is 490 g/mol. The summed E-state index contributed by atoms with van der Waals surface area (Å²) in [6, 6.07) is 6.66. The number of carbonyl (C=O) groups excluding carboxylic acids is 2. The molecule has 4 rings (SSSR count). The molecule has 0 aliphatic carbocycles. The second kappa shape index (κ2) is 11.6. The monoisotopic (exact) mass is 489 g/mol. The van der Waals surface area contributed by atoms with Gasteiger partial charge in [0.25, 0.3) is 0 Å². The van der Waals surface area contributed by atoms with E-state index in [1.54, 1.807) is 23.5 Å². The zero-order valence-electron chi connectivity index (χ0n) is 19.2. The van der Waals surface area contributed by atoms with Crippen molar-refractivity contribution in [1.82, 2.24) is 19.7 Å². The first-order chi connectivity index (χ1) is 15.9. The number of hydrogen-bond donors (Lipinski definition) is 0. The molecule has 33 heavy (non-hydrogen) atoms. The first-order valence-corrected chi connectivity index (χ1v) is 12.5. The number of rotatable bonds is 6. The molecule has 0 N–H and O–H groups in total. The molecule has 3 heterocycles. The lowest BCUT2D eigenvalue weighted by Crippen LogP contribution is -2.46. The molecule has 0 bridgehead atoms. The minimum atomic E-state index is -0.238. The molecule has 0 spiro atoms. The number of halogens is 1. The second-order valence-corrected chi connectivity index (χ2v) is 10.7. The second-order valence-electron chi connectivity index (χ2n) is 7.86. The summed E-state index contributed by atoms with van der Waals surface area (Å²) in [6.07, 6.45) is 2.21. The first kappa shape index (κ1) is 25.1. The van der Waals surface area contributed by atoms with Crippen LogP contribution in [0.5, 0.6) is 0 Å². The largest absolute Gasteiger partial charge is 0.373 e. The Kier molecular flexibility index (Phi) is 8.80. The molecule has 1 fully saturated rings. The van der Waals surface area contributed by atoms with E-state index in [0.29, 0.717) is 5.25 Å². The van der Waals surface area contributed by atoms with Crippen LogP contribution >= 0.6 is 23.1 Å². The third-order valence-electron chi connectivity index (χ3n) is 5.26. The Balaban J connectivity index is 0.000000968. The molecule has 0 atom stereocenters. The van der Waals surface area contributed by atoms with Gasteiger partial charge in [-0.3, -0.25) is 0 Å². The molecular formula is C23H28FN5O2S2. The molecule has 1 saturated heterocycles. The Morgan fingerprint density at radius 2 is 1.91 bits per heavy atom. The van der Waals surface area contributed by atoms with E-state index in [-0.39, 0.29) is 12.0 Å². The van der Waals surface area contributed by atoms with Crippen molar-refractivity contribution in [3.05, 3.63) is 42.0 Å². The standard InChI is InChI=1S/C22H28FN5S2.CO2/c1-5-26-9-11-27(12-10-26)20-21(29-15(2)3)30-22(24-20)28-14-19(16(4)25-28)17-7-6-8-18(23)13-17;2-1-3/h6-8,13-15H,5,9-12H2,1-4H3;. The Hall–Kier alpha value is -2.52. The molecule has 0 radical (unpaired) electrons. The van der Waals surface area contributed by atoms with Gasteiger partial charge in [0.1, 0.15) is 10.0 Å². The number of piperazine rings is 1. The lowest BCUT2D eigenvalue weighted by molar-refractivity contribution is -0.191. The number of hydrogen-bond acceptors (Lipinski definition) is 8. The van der Waals surface area contributed by atoms with Gasteiger partial charge in [0.15, 0.2) is 5.82 Å². The summed E-state index contributed by atoms with van der Waals surface area (Å²) in [5.41, 5.74) is 2.64. The van der Waals surface area contributed by atoms with Crippen LogP contribution in [0.1, 0.15) is 26.5 Å². The fraction of sp³-hybridized carbons (Fsp3) is 0.435. The van der Waals surface area contributed by atoms with Crippen LogP contribution in [0.4, 0.5) is 10.2 Å². The van der Waals surface area contributed by atoms with Crippen LogP contribution in [0.25, 0.3) is 16.3 Å². The van der Waals surface area contributed by atoms with E-state index in [9.17, 15) is 4.39 Å². The maximum absolute atomic E-state index is 13.7. The van der Waals surface area contributed by atoms with Crippen LogP contribution in [0, 0.1) is 12.7 Å². The maximum Gasteiger partial charge on any atom is 0.373 e. The smallest absolute Gasteiger partial charge is 0.352 e. The molecule has 1 aliphatic heterocycles. The molecule has 7 nitrogen and oxygen atoms in total. The number of likely N-dealkylation sites (N-methyl/N-ethyl adjacent to an activating group) is 1. The number of nitrogens with zero attached hydrogens (tertiary/aromatic N) is 5. The summed E-state index contributed by atoms with van der Waals surface area (Å²) in [5, 5.41) is 6.04. The van der Waals surface area contributed by atoms with Crippen molar-refractivity contribution in [1.29, 1.82) is 0 Å². The molecule has 2 aromatic heterocycles. The third-order valence-corrected chi connectivity index (χ3v) is 7.50. The van der Waals surface area contributed by atoms with Crippen molar-refractivity contribution < 1.29 is 14.0 Å².